The number of carbonyl (C=O) groups is 1. The van der Waals surface area contributed by atoms with E-state index in [1.165, 1.54) is 29.6 Å². The monoisotopic (exact) mass is 453 g/mol. The van der Waals surface area contributed by atoms with E-state index in [2.05, 4.69) is 10.3 Å². The van der Waals surface area contributed by atoms with E-state index in [1.54, 1.807) is 48.8 Å². The van der Waals surface area contributed by atoms with Crippen molar-refractivity contribution in [3.63, 3.8) is 0 Å². The normalized spacial score (nSPS) is 14.2. The molecule has 1 fully saturated rings. The Morgan fingerprint density at radius 3 is 2.28 bits per heavy atom. The van der Waals surface area contributed by atoms with Gasteiger partial charge < -0.3 is 14.8 Å². The van der Waals surface area contributed by atoms with Crippen LogP contribution in [-0.4, -0.2) is 43.8 Å². The molecule has 0 spiro atoms. The third-order valence-electron chi connectivity index (χ3n) is 5.11. The molecule has 0 radical (unpaired) electrons. The van der Waals surface area contributed by atoms with Crippen LogP contribution >= 0.6 is 0 Å². The quantitative estimate of drug-likeness (QED) is 0.582. The van der Waals surface area contributed by atoms with E-state index in [9.17, 15) is 13.2 Å². The summed E-state index contributed by atoms with van der Waals surface area (Å²) in [5, 5.41) is 2.78. The van der Waals surface area contributed by atoms with Gasteiger partial charge in [0, 0.05) is 36.7 Å². The second kappa shape index (κ2) is 9.37. The van der Waals surface area contributed by atoms with Gasteiger partial charge in [0.1, 0.15) is 22.1 Å². The topological polar surface area (TPSA) is 97.8 Å². The van der Waals surface area contributed by atoms with E-state index in [1.807, 2.05) is 0 Å². The van der Waals surface area contributed by atoms with Gasteiger partial charge in [-0.1, -0.05) is 0 Å². The zero-order chi connectivity index (χ0) is 22.6. The summed E-state index contributed by atoms with van der Waals surface area (Å²) in [4.78, 5) is 16.7. The van der Waals surface area contributed by atoms with Gasteiger partial charge in [-0.25, -0.2) is 8.42 Å². The third-order valence-corrected chi connectivity index (χ3v) is 7.03. The van der Waals surface area contributed by atoms with Crippen molar-refractivity contribution in [2.75, 3.05) is 25.5 Å². The van der Waals surface area contributed by atoms with Gasteiger partial charge in [-0.2, -0.15) is 4.31 Å². The highest BCUT2D eigenvalue weighted by Gasteiger charge is 2.30. The molecule has 1 aromatic heterocycles. The van der Waals surface area contributed by atoms with Crippen LogP contribution in [0.3, 0.4) is 0 Å². The number of sulfonamides is 1. The number of pyridine rings is 1. The molecule has 1 N–H and O–H groups in total. The molecule has 0 saturated carbocycles. The van der Waals surface area contributed by atoms with E-state index in [4.69, 9.17) is 9.47 Å². The third kappa shape index (κ3) is 4.74. The van der Waals surface area contributed by atoms with Crippen molar-refractivity contribution in [1.29, 1.82) is 0 Å². The van der Waals surface area contributed by atoms with Crippen molar-refractivity contribution >= 4 is 21.6 Å². The Labute approximate surface area is 186 Å². The van der Waals surface area contributed by atoms with Gasteiger partial charge in [-0.3, -0.25) is 9.78 Å². The molecule has 0 unspecified atom stereocenters. The average molecular weight is 454 g/mol. The van der Waals surface area contributed by atoms with E-state index < -0.39 is 15.9 Å². The van der Waals surface area contributed by atoms with Crippen LogP contribution in [0.15, 0.2) is 71.9 Å². The molecule has 0 atom stereocenters. The number of rotatable bonds is 7. The summed E-state index contributed by atoms with van der Waals surface area (Å²) in [5.74, 6) is 1.05. The fraction of sp³-hybridized carbons (Fsp3) is 0.217. The highest BCUT2D eigenvalue weighted by Crippen LogP contribution is 2.30. The van der Waals surface area contributed by atoms with Crippen molar-refractivity contribution in [1.82, 2.24) is 9.29 Å². The summed E-state index contributed by atoms with van der Waals surface area (Å²) in [5.41, 5.74) is 0.775. The largest absolute Gasteiger partial charge is 0.495 e. The minimum atomic E-state index is -3.74. The van der Waals surface area contributed by atoms with Crippen LogP contribution in [0, 0.1) is 0 Å². The molecule has 1 amide bonds. The Morgan fingerprint density at radius 2 is 1.62 bits per heavy atom. The zero-order valence-electron chi connectivity index (χ0n) is 17.5. The molecule has 0 aliphatic carbocycles. The van der Waals surface area contributed by atoms with Crippen molar-refractivity contribution in [3.05, 3.63) is 72.6 Å². The molecule has 32 heavy (non-hydrogen) atoms. The number of nitrogens with one attached hydrogen (secondary N) is 1. The summed E-state index contributed by atoms with van der Waals surface area (Å²) >= 11 is 0. The molecular formula is C23H23N3O5S. The first-order valence-corrected chi connectivity index (χ1v) is 11.6. The fourth-order valence-electron chi connectivity index (χ4n) is 3.44. The number of hydrogen-bond acceptors (Lipinski definition) is 6. The Balaban J connectivity index is 1.51. The molecule has 0 bridgehead atoms. The first-order chi connectivity index (χ1) is 15.5. The van der Waals surface area contributed by atoms with Crippen LogP contribution in [-0.2, 0) is 10.0 Å². The second-order valence-electron chi connectivity index (χ2n) is 7.24. The van der Waals surface area contributed by atoms with E-state index in [0.717, 1.165) is 12.8 Å². The maximum absolute atomic E-state index is 13.0. The summed E-state index contributed by atoms with van der Waals surface area (Å²) < 4.78 is 38.5. The molecule has 1 saturated heterocycles. The molecule has 3 aromatic rings. The lowest BCUT2D eigenvalue weighted by Crippen LogP contribution is -2.28. The van der Waals surface area contributed by atoms with Crippen LogP contribution in [0.4, 0.5) is 5.69 Å². The number of ether oxygens (including phenoxy) is 2. The molecule has 8 nitrogen and oxygen atoms in total. The zero-order valence-corrected chi connectivity index (χ0v) is 18.3. The Kier molecular flexibility index (Phi) is 6.38. The second-order valence-corrected chi connectivity index (χ2v) is 9.15. The van der Waals surface area contributed by atoms with Gasteiger partial charge in [0.25, 0.3) is 5.91 Å². The van der Waals surface area contributed by atoms with E-state index >= 15 is 0 Å². The number of aromatic nitrogens is 1. The number of nitrogens with zero attached hydrogens (tertiary/aromatic N) is 2. The standard InChI is InChI=1S/C23H23N3O5S/c1-30-21-9-4-17(16-22(21)32(28,29)26-14-2-3-15-26)23(27)25-18-5-7-19(8-6-18)31-20-10-12-24-13-11-20/h4-13,16H,2-3,14-15H2,1H3,(H,25,27). The lowest BCUT2D eigenvalue weighted by atomic mass is 10.2. The molecule has 9 heteroatoms. The van der Waals surface area contributed by atoms with Gasteiger partial charge >= 0.3 is 0 Å². The first-order valence-electron chi connectivity index (χ1n) is 10.1. The van der Waals surface area contributed by atoms with Gasteiger partial charge in [-0.15, -0.1) is 0 Å². The molecule has 1 aliphatic rings. The van der Waals surface area contributed by atoms with Gasteiger partial charge in [0.15, 0.2) is 0 Å². The van der Waals surface area contributed by atoms with Crippen molar-refractivity contribution in [3.8, 4) is 17.2 Å². The molecule has 166 valence electrons. The highest BCUT2D eigenvalue weighted by molar-refractivity contribution is 7.89. The van der Waals surface area contributed by atoms with Crippen LogP contribution in [0.25, 0.3) is 0 Å². The van der Waals surface area contributed by atoms with Crippen molar-refractivity contribution in [2.24, 2.45) is 0 Å². The van der Waals surface area contributed by atoms with Crippen LogP contribution in [0.5, 0.6) is 17.2 Å². The number of methoxy groups -OCH3 is 1. The minimum Gasteiger partial charge on any atom is -0.495 e. The lowest BCUT2D eigenvalue weighted by molar-refractivity contribution is 0.102. The summed E-state index contributed by atoms with van der Waals surface area (Å²) in [6.45, 7) is 0.936. The van der Waals surface area contributed by atoms with E-state index in [-0.39, 0.29) is 16.2 Å². The highest BCUT2D eigenvalue weighted by atomic mass is 32.2. The number of hydrogen-bond donors (Lipinski definition) is 1. The van der Waals surface area contributed by atoms with Crippen LogP contribution in [0.1, 0.15) is 23.2 Å². The van der Waals surface area contributed by atoms with E-state index in [0.29, 0.717) is 30.3 Å². The smallest absolute Gasteiger partial charge is 0.255 e. The van der Waals surface area contributed by atoms with Crippen LogP contribution < -0.4 is 14.8 Å². The first kappa shape index (κ1) is 21.8. The van der Waals surface area contributed by atoms with Gasteiger partial charge in [0.2, 0.25) is 10.0 Å². The average Bonchev–Trinajstić information content (AvgIpc) is 3.37. The lowest BCUT2D eigenvalue weighted by Gasteiger charge is -2.18. The van der Waals surface area contributed by atoms with Crippen LogP contribution in [0.2, 0.25) is 0 Å². The maximum atomic E-state index is 13.0. The van der Waals surface area contributed by atoms with Gasteiger partial charge in [0.05, 0.1) is 7.11 Å². The molecule has 2 heterocycles. The Hall–Kier alpha value is -3.43. The number of anilines is 1. The molecule has 1 aliphatic heterocycles. The van der Waals surface area contributed by atoms with Crippen molar-refractivity contribution < 1.29 is 22.7 Å². The Morgan fingerprint density at radius 1 is 0.969 bits per heavy atom. The fourth-order valence-corrected chi connectivity index (χ4v) is 5.14. The minimum absolute atomic E-state index is 0.00403. The summed E-state index contributed by atoms with van der Waals surface area (Å²) in [6, 6.07) is 14.8. The number of carbonyl (C=O) groups excluding carboxylic acids is 1. The number of amides is 1. The SMILES string of the molecule is COc1ccc(C(=O)Nc2ccc(Oc3ccncc3)cc2)cc1S(=O)(=O)N1CCCC1. The van der Waals surface area contributed by atoms with Gasteiger partial charge in [-0.05, 0) is 67.4 Å². The summed E-state index contributed by atoms with van der Waals surface area (Å²) in [7, 11) is -2.33. The predicted molar refractivity (Wildman–Crippen MR) is 120 cm³/mol. The summed E-state index contributed by atoms with van der Waals surface area (Å²) in [6.07, 6.45) is 4.92. The predicted octanol–water partition coefficient (Wildman–Crippen LogP) is 3.92. The number of benzene rings is 2. The molecular weight excluding hydrogens is 430 g/mol. The van der Waals surface area contributed by atoms with Crippen molar-refractivity contribution in [2.45, 2.75) is 17.7 Å². The molecule has 4 rings (SSSR count). The Bertz CT molecular complexity index is 1190. The maximum Gasteiger partial charge on any atom is 0.255 e. The molecule has 2 aromatic carbocycles.